The van der Waals surface area contributed by atoms with Crippen LogP contribution in [0.1, 0.15) is 44.2 Å². The molecular weight excluding hydrogens is 442 g/mol. The molecule has 8 nitrogen and oxygen atoms in total. The van der Waals surface area contributed by atoms with Gasteiger partial charge >= 0.3 is 6.09 Å². The number of piperidine rings is 1. The van der Waals surface area contributed by atoms with Gasteiger partial charge in [-0.1, -0.05) is 31.5 Å². The van der Waals surface area contributed by atoms with E-state index in [1.807, 2.05) is 44.7 Å². The van der Waals surface area contributed by atoms with Crippen molar-refractivity contribution in [1.82, 2.24) is 14.1 Å². The quantitative estimate of drug-likeness (QED) is 0.648. The largest absolute Gasteiger partial charge is 0.449 e. The molecule has 184 valence electrons. The van der Waals surface area contributed by atoms with Gasteiger partial charge in [-0.15, -0.1) is 0 Å². The Balaban J connectivity index is 1.54. The first kappa shape index (κ1) is 25.5. The summed E-state index contributed by atoms with van der Waals surface area (Å²) in [5.74, 6) is 0.162. The average Bonchev–Trinajstić information content (AvgIpc) is 3.03. The fourth-order valence-corrected chi connectivity index (χ4v) is 6.15. The first-order chi connectivity index (χ1) is 15.6. The summed E-state index contributed by atoms with van der Waals surface area (Å²) in [5, 5.41) is 0. The van der Waals surface area contributed by atoms with Crippen LogP contribution >= 0.6 is 0 Å². The van der Waals surface area contributed by atoms with Gasteiger partial charge in [-0.25, -0.2) is 13.2 Å². The summed E-state index contributed by atoms with van der Waals surface area (Å²) >= 11 is 0. The lowest BCUT2D eigenvalue weighted by Gasteiger charge is -2.33. The Bertz CT molecular complexity index is 955. The monoisotopic (exact) mass is 479 g/mol. The summed E-state index contributed by atoms with van der Waals surface area (Å²) in [6.07, 6.45) is 1.42. The lowest BCUT2D eigenvalue weighted by atomic mass is 9.96. The van der Waals surface area contributed by atoms with E-state index in [1.54, 1.807) is 11.0 Å². The maximum atomic E-state index is 13.1. The lowest BCUT2D eigenvalue weighted by molar-refractivity contribution is -0.136. The Morgan fingerprint density at radius 3 is 2.27 bits per heavy atom. The lowest BCUT2D eigenvalue weighted by Crippen LogP contribution is -2.45. The van der Waals surface area contributed by atoms with Gasteiger partial charge in [-0.2, -0.15) is 4.31 Å². The number of carbonyl (C=O) groups excluding carboxylic acids is 2. The van der Waals surface area contributed by atoms with Gasteiger partial charge in [0.05, 0.1) is 11.5 Å². The zero-order chi connectivity index (χ0) is 24.2. The van der Waals surface area contributed by atoms with Crippen molar-refractivity contribution in [3.05, 3.63) is 29.3 Å². The predicted octanol–water partition coefficient (Wildman–Crippen LogP) is 3.03. The molecule has 0 aliphatic carbocycles. The number of benzene rings is 1. The van der Waals surface area contributed by atoms with Crippen LogP contribution in [0.4, 0.5) is 4.79 Å². The van der Waals surface area contributed by atoms with Crippen molar-refractivity contribution in [3.63, 3.8) is 0 Å². The molecule has 2 amide bonds. The highest BCUT2D eigenvalue weighted by Gasteiger charge is 2.35. The van der Waals surface area contributed by atoms with E-state index in [0.717, 1.165) is 11.1 Å². The topological polar surface area (TPSA) is 87.2 Å². The Hall–Kier alpha value is -2.13. The number of aryl methyl sites for hydroxylation is 2. The van der Waals surface area contributed by atoms with Crippen molar-refractivity contribution < 1.29 is 22.7 Å². The minimum Gasteiger partial charge on any atom is -0.449 e. The summed E-state index contributed by atoms with van der Waals surface area (Å²) in [6, 6.07) is 5.37. The first-order valence-corrected chi connectivity index (χ1v) is 13.3. The zero-order valence-corrected chi connectivity index (χ0v) is 21.1. The van der Waals surface area contributed by atoms with E-state index in [4.69, 9.17) is 4.74 Å². The van der Waals surface area contributed by atoms with Crippen molar-refractivity contribution >= 4 is 22.0 Å². The van der Waals surface area contributed by atoms with Gasteiger partial charge in [0.15, 0.2) is 0 Å². The minimum atomic E-state index is -3.57. The van der Waals surface area contributed by atoms with Crippen LogP contribution in [0.15, 0.2) is 23.1 Å². The molecule has 1 aromatic carbocycles. The van der Waals surface area contributed by atoms with Gasteiger partial charge in [0.25, 0.3) is 0 Å². The van der Waals surface area contributed by atoms with Gasteiger partial charge in [0.2, 0.25) is 15.9 Å². The molecule has 2 heterocycles. The molecular formula is C24H37N3O5S. The Morgan fingerprint density at radius 2 is 1.64 bits per heavy atom. The number of ether oxygens (including phenoxy) is 1. The van der Waals surface area contributed by atoms with Crippen LogP contribution in [-0.4, -0.2) is 80.4 Å². The van der Waals surface area contributed by atoms with Crippen LogP contribution in [0, 0.1) is 25.7 Å². The van der Waals surface area contributed by atoms with Crippen LogP contribution < -0.4 is 0 Å². The third-order valence-electron chi connectivity index (χ3n) is 6.36. The number of hydrogen-bond acceptors (Lipinski definition) is 5. The van der Waals surface area contributed by atoms with Gasteiger partial charge in [-0.3, -0.25) is 4.79 Å². The summed E-state index contributed by atoms with van der Waals surface area (Å²) in [4.78, 5) is 29.2. The molecule has 2 saturated heterocycles. The summed E-state index contributed by atoms with van der Waals surface area (Å²) in [6.45, 7) is 10.9. The summed E-state index contributed by atoms with van der Waals surface area (Å²) in [7, 11) is -3.57. The van der Waals surface area contributed by atoms with E-state index in [-0.39, 0.29) is 23.8 Å². The number of rotatable bonds is 5. The Kier molecular flexibility index (Phi) is 8.39. The molecule has 3 rings (SSSR count). The molecule has 0 aromatic heterocycles. The van der Waals surface area contributed by atoms with E-state index < -0.39 is 10.0 Å². The van der Waals surface area contributed by atoms with Crippen molar-refractivity contribution in [2.45, 2.75) is 51.9 Å². The molecule has 0 unspecified atom stereocenters. The number of nitrogens with zero attached hydrogens (tertiary/aromatic N) is 3. The molecule has 9 heteroatoms. The third kappa shape index (κ3) is 6.26. The molecule has 0 bridgehead atoms. The smallest absolute Gasteiger partial charge is 0.409 e. The second kappa shape index (κ2) is 10.9. The van der Waals surface area contributed by atoms with Gasteiger partial charge in [0, 0.05) is 45.2 Å². The van der Waals surface area contributed by atoms with E-state index >= 15 is 0 Å². The Labute approximate surface area is 197 Å². The molecule has 33 heavy (non-hydrogen) atoms. The van der Waals surface area contributed by atoms with E-state index in [2.05, 4.69) is 0 Å². The first-order valence-electron chi connectivity index (χ1n) is 11.9. The number of sulfonamides is 1. The standard InChI is InChI=1S/C24H37N3O5S/c1-18(2)17-32-24(29)26-11-5-10-25(14-15-26)23(28)21-8-12-27(13-9-21)33(30,31)22-7-6-19(3)16-20(22)4/h6-7,16,18,21H,5,8-15,17H2,1-4H3. The highest BCUT2D eigenvalue weighted by Crippen LogP contribution is 2.27. The molecule has 2 aliphatic rings. The SMILES string of the molecule is Cc1ccc(S(=O)(=O)N2CCC(C(=O)N3CCCN(C(=O)OCC(C)C)CC3)CC2)c(C)c1. The van der Waals surface area contributed by atoms with Gasteiger partial charge in [0.1, 0.15) is 0 Å². The molecule has 2 fully saturated rings. The molecule has 0 saturated carbocycles. The third-order valence-corrected chi connectivity index (χ3v) is 8.42. The highest BCUT2D eigenvalue weighted by molar-refractivity contribution is 7.89. The highest BCUT2D eigenvalue weighted by atomic mass is 32.2. The van der Waals surface area contributed by atoms with Crippen LogP contribution in [0.2, 0.25) is 0 Å². The van der Waals surface area contributed by atoms with Gasteiger partial charge < -0.3 is 14.5 Å². The summed E-state index contributed by atoms with van der Waals surface area (Å²) < 4.78 is 33.1. The minimum absolute atomic E-state index is 0.0657. The van der Waals surface area contributed by atoms with Crippen LogP contribution in [0.5, 0.6) is 0 Å². The van der Waals surface area contributed by atoms with Crippen molar-refractivity contribution in [1.29, 1.82) is 0 Å². The maximum absolute atomic E-state index is 13.1. The summed E-state index contributed by atoms with van der Waals surface area (Å²) in [5.41, 5.74) is 1.77. The average molecular weight is 480 g/mol. The van der Waals surface area contributed by atoms with Crippen molar-refractivity contribution in [2.75, 3.05) is 45.9 Å². The van der Waals surface area contributed by atoms with E-state index in [9.17, 15) is 18.0 Å². The van der Waals surface area contributed by atoms with Crippen LogP contribution in [0.3, 0.4) is 0 Å². The molecule has 0 atom stereocenters. The second-order valence-electron chi connectivity index (χ2n) is 9.58. The van der Waals surface area contributed by atoms with Crippen LogP contribution in [-0.2, 0) is 19.6 Å². The molecule has 0 spiro atoms. The second-order valence-corrected chi connectivity index (χ2v) is 11.5. The number of hydrogen-bond donors (Lipinski definition) is 0. The zero-order valence-electron chi connectivity index (χ0n) is 20.2. The Morgan fingerprint density at radius 1 is 1.00 bits per heavy atom. The predicted molar refractivity (Wildman–Crippen MR) is 126 cm³/mol. The van der Waals surface area contributed by atoms with Crippen LogP contribution in [0.25, 0.3) is 0 Å². The van der Waals surface area contributed by atoms with Gasteiger partial charge in [-0.05, 0) is 50.7 Å². The molecule has 0 N–H and O–H groups in total. The van der Waals surface area contributed by atoms with Crippen molar-refractivity contribution in [2.24, 2.45) is 11.8 Å². The molecule has 0 radical (unpaired) electrons. The van der Waals surface area contributed by atoms with Crippen molar-refractivity contribution in [3.8, 4) is 0 Å². The number of amides is 2. The fraction of sp³-hybridized carbons (Fsp3) is 0.667. The van der Waals surface area contributed by atoms with E-state index in [0.29, 0.717) is 70.0 Å². The maximum Gasteiger partial charge on any atom is 0.409 e. The molecule has 1 aromatic rings. The molecule has 2 aliphatic heterocycles. The normalized spacial score (nSPS) is 18.9. The number of carbonyl (C=O) groups is 2. The fourth-order valence-electron chi connectivity index (χ4n) is 4.48. The van der Waals surface area contributed by atoms with E-state index in [1.165, 1.54) is 4.31 Å².